The van der Waals surface area contributed by atoms with E-state index >= 15 is 0 Å². The van der Waals surface area contributed by atoms with Crippen molar-refractivity contribution in [1.82, 2.24) is 0 Å². The van der Waals surface area contributed by atoms with Crippen LogP contribution in [0.15, 0.2) is 0 Å². The lowest BCUT2D eigenvalue weighted by molar-refractivity contribution is 0.265. The lowest BCUT2D eigenvalue weighted by Crippen LogP contribution is -2.00. The zero-order chi connectivity index (χ0) is 9.23. The third kappa shape index (κ3) is 6.66. The monoisotopic (exact) mass is 172 g/mol. The summed E-state index contributed by atoms with van der Waals surface area (Å²) < 4.78 is 0. The summed E-state index contributed by atoms with van der Waals surface area (Å²) in [5.74, 6) is 0.865. The van der Waals surface area contributed by atoms with Crippen molar-refractivity contribution in [2.24, 2.45) is 5.92 Å². The second kappa shape index (κ2) is 9.05. The molecule has 0 aliphatic rings. The van der Waals surface area contributed by atoms with E-state index < -0.39 is 0 Å². The second-order valence-corrected chi connectivity index (χ2v) is 3.64. The first kappa shape index (κ1) is 12.0. The molecule has 0 aliphatic heterocycles. The highest BCUT2D eigenvalue weighted by atomic mass is 16.2. The van der Waals surface area contributed by atoms with Crippen LogP contribution in [0.1, 0.15) is 58.8 Å². The van der Waals surface area contributed by atoms with Gasteiger partial charge in [0.1, 0.15) is 0 Å². The topological polar surface area (TPSA) is 20.2 Å². The van der Waals surface area contributed by atoms with E-state index in [1.54, 1.807) is 0 Å². The third-order valence-corrected chi connectivity index (χ3v) is 2.56. The molecule has 0 heterocycles. The van der Waals surface area contributed by atoms with Crippen LogP contribution in [0.25, 0.3) is 0 Å². The van der Waals surface area contributed by atoms with E-state index in [1.807, 2.05) is 0 Å². The molecule has 0 saturated carbocycles. The van der Waals surface area contributed by atoms with Gasteiger partial charge in [0.15, 0.2) is 0 Å². The Morgan fingerprint density at radius 3 is 2.17 bits per heavy atom. The fraction of sp³-hybridized carbons (Fsp3) is 1.00. The number of aliphatic hydroxyl groups is 1. The van der Waals surface area contributed by atoms with Crippen molar-refractivity contribution in [3.63, 3.8) is 0 Å². The molecule has 74 valence electrons. The summed E-state index contributed by atoms with van der Waals surface area (Å²) in [6.07, 6.45) is 8.92. The quantitative estimate of drug-likeness (QED) is 0.557. The summed E-state index contributed by atoms with van der Waals surface area (Å²) >= 11 is 0. The fourth-order valence-electron chi connectivity index (χ4n) is 1.62. The van der Waals surface area contributed by atoms with Crippen LogP contribution in [0.4, 0.5) is 0 Å². The summed E-state index contributed by atoms with van der Waals surface area (Å²) in [7, 11) is 0. The maximum absolute atomic E-state index is 8.68. The van der Waals surface area contributed by atoms with Crippen LogP contribution < -0.4 is 0 Å². The van der Waals surface area contributed by atoms with E-state index in [0.717, 1.165) is 12.3 Å². The van der Waals surface area contributed by atoms with Gasteiger partial charge in [-0.2, -0.15) is 0 Å². The molecule has 12 heavy (non-hydrogen) atoms. The minimum absolute atomic E-state index is 0.365. The van der Waals surface area contributed by atoms with Gasteiger partial charge in [0.25, 0.3) is 0 Å². The van der Waals surface area contributed by atoms with Crippen molar-refractivity contribution in [3.8, 4) is 0 Å². The van der Waals surface area contributed by atoms with Gasteiger partial charge >= 0.3 is 0 Å². The molecule has 0 aromatic carbocycles. The standard InChI is InChI=1S/C11H24O/c1-3-5-6-8-11(4-2)9-7-10-12/h11-12H,3-10H2,1-2H3. The zero-order valence-corrected chi connectivity index (χ0v) is 8.68. The highest BCUT2D eigenvalue weighted by Crippen LogP contribution is 2.18. The van der Waals surface area contributed by atoms with Gasteiger partial charge < -0.3 is 5.11 Å². The summed E-state index contributed by atoms with van der Waals surface area (Å²) in [4.78, 5) is 0. The van der Waals surface area contributed by atoms with E-state index in [-0.39, 0.29) is 0 Å². The first-order chi connectivity index (χ1) is 5.85. The van der Waals surface area contributed by atoms with Crippen molar-refractivity contribution in [2.45, 2.75) is 58.8 Å². The first-order valence-electron chi connectivity index (χ1n) is 5.46. The fourth-order valence-corrected chi connectivity index (χ4v) is 1.62. The van der Waals surface area contributed by atoms with Crippen LogP contribution >= 0.6 is 0 Å². The van der Waals surface area contributed by atoms with Crippen LogP contribution in [0, 0.1) is 5.92 Å². The number of unbranched alkanes of at least 4 members (excludes halogenated alkanes) is 2. The highest BCUT2D eigenvalue weighted by Gasteiger charge is 2.04. The van der Waals surface area contributed by atoms with E-state index in [9.17, 15) is 0 Å². The molecule has 0 saturated heterocycles. The number of hydrogen-bond donors (Lipinski definition) is 1. The molecular formula is C11H24O. The van der Waals surface area contributed by atoms with Gasteiger partial charge in [-0.15, -0.1) is 0 Å². The smallest absolute Gasteiger partial charge is 0.0431 e. The van der Waals surface area contributed by atoms with Crippen LogP contribution in [0.2, 0.25) is 0 Å². The number of hydrogen-bond acceptors (Lipinski definition) is 1. The molecule has 1 heteroatoms. The molecule has 0 bridgehead atoms. The second-order valence-electron chi connectivity index (χ2n) is 3.64. The van der Waals surface area contributed by atoms with Crippen molar-refractivity contribution in [2.75, 3.05) is 6.61 Å². The third-order valence-electron chi connectivity index (χ3n) is 2.56. The normalized spacial score (nSPS) is 13.2. The Morgan fingerprint density at radius 1 is 1.00 bits per heavy atom. The largest absolute Gasteiger partial charge is 0.396 e. The molecule has 0 aromatic heterocycles. The van der Waals surface area contributed by atoms with Gasteiger partial charge in [0, 0.05) is 6.61 Å². The van der Waals surface area contributed by atoms with Gasteiger partial charge in [-0.05, 0) is 18.8 Å². The molecule has 0 spiro atoms. The molecule has 1 unspecified atom stereocenters. The number of aliphatic hydroxyl groups excluding tert-OH is 1. The molecule has 0 amide bonds. The zero-order valence-electron chi connectivity index (χ0n) is 8.68. The Balaban J connectivity index is 3.26. The van der Waals surface area contributed by atoms with Crippen LogP contribution in [0.3, 0.4) is 0 Å². The average Bonchev–Trinajstić information content (AvgIpc) is 2.11. The summed E-state index contributed by atoms with van der Waals surface area (Å²) in [6.45, 7) is 4.87. The van der Waals surface area contributed by atoms with Gasteiger partial charge in [0.2, 0.25) is 0 Å². The van der Waals surface area contributed by atoms with Crippen molar-refractivity contribution in [3.05, 3.63) is 0 Å². The molecule has 1 atom stereocenters. The van der Waals surface area contributed by atoms with Crippen LogP contribution in [-0.2, 0) is 0 Å². The van der Waals surface area contributed by atoms with E-state index in [0.29, 0.717) is 6.61 Å². The van der Waals surface area contributed by atoms with Crippen LogP contribution in [-0.4, -0.2) is 11.7 Å². The summed E-state index contributed by atoms with van der Waals surface area (Å²) in [5.41, 5.74) is 0. The van der Waals surface area contributed by atoms with E-state index in [4.69, 9.17) is 5.11 Å². The minimum Gasteiger partial charge on any atom is -0.396 e. The van der Waals surface area contributed by atoms with Gasteiger partial charge in [-0.3, -0.25) is 0 Å². The van der Waals surface area contributed by atoms with Crippen LogP contribution in [0.5, 0.6) is 0 Å². The Hall–Kier alpha value is -0.0400. The maximum Gasteiger partial charge on any atom is 0.0431 e. The van der Waals surface area contributed by atoms with Crippen molar-refractivity contribution >= 4 is 0 Å². The molecule has 1 N–H and O–H groups in total. The Kier molecular flexibility index (Phi) is 9.02. The Bertz CT molecular complexity index is 81.1. The molecule has 0 rings (SSSR count). The average molecular weight is 172 g/mol. The predicted molar refractivity (Wildman–Crippen MR) is 54.2 cm³/mol. The molecule has 0 radical (unpaired) electrons. The van der Waals surface area contributed by atoms with Gasteiger partial charge in [0.05, 0.1) is 0 Å². The van der Waals surface area contributed by atoms with Crippen molar-refractivity contribution < 1.29 is 5.11 Å². The van der Waals surface area contributed by atoms with E-state index in [1.165, 1.54) is 38.5 Å². The van der Waals surface area contributed by atoms with Crippen molar-refractivity contribution in [1.29, 1.82) is 0 Å². The first-order valence-corrected chi connectivity index (χ1v) is 5.46. The maximum atomic E-state index is 8.68. The lowest BCUT2D eigenvalue weighted by Gasteiger charge is -2.13. The van der Waals surface area contributed by atoms with E-state index in [2.05, 4.69) is 13.8 Å². The molecule has 0 aromatic rings. The molecule has 0 aliphatic carbocycles. The Labute approximate surface area is 77.2 Å². The minimum atomic E-state index is 0.365. The highest BCUT2D eigenvalue weighted by molar-refractivity contribution is 4.57. The predicted octanol–water partition coefficient (Wildman–Crippen LogP) is 3.37. The number of rotatable bonds is 8. The lowest BCUT2D eigenvalue weighted by atomic mass is 9.94. The van der Waals surface area contributed by atoms with Gasteiger partial charge in [-0.1, -0.05) is 46.0 Å². The molecule has 1 nitrogen and oxygen atoms in total. The molecular weight excluding hydrogens is 148 g/mol. The SMILES string of the molecule is CCCCCC(CC)CCCO. The summed E-state index contributed by atoms with van der Waals surface area (Å²) in [6, 6.07) is 0. The molecule has 0 fully saturated rings. The summed E-state index contributed by atoms with van der Waals surface area (Å²) in [5, 5.41) is 8.68. The Morgan fingerprint density at radius 2 is 1.67 bits per heavy atom. The van der Waals surface area contributed by atoms with Gasteiger partial charge in [-0.25, -0.2) is 0 Å².